The fraction of sp³-hybridized carbons (Fsp3) is 0.136. The summed E-state index contributed by atoms with van der Waals surface area (Å²) in [4.78, 5) is 12.9. The lowest BCUT2D eigenvalue weighted by atomic mass is 10.1. The van der Waals surface area contributed by atoms with E-state index in [4.69, 9.17) is 0 Å². The van der Waals surface area contributed by atoms with Gasteiger partial charge in [-0.25, -0.2) is 4.68 Å². The molecule has 0 fully saturated rings. The van der Waals surface area contributed by atoms with Crippen LogP contribution in [0.1, 0.15) is 27.2 Å². The Balaban J connectivity index is 1.68. The minimum atomic E-state index is -0.288. The second-order valence-corrected chi connectivity index (χ2v) is 6.82. The van der Waals surface area contributed by atoms with E-state index in [1.165, 1.54) is 5.56 Å². The molecule has 2 aromatic carbocycles. The molecule has 140 valence electrons. The summed E-state index contributed by atoms with van der Waals surface area (Å²) in [5.74, 6) is 0.347. The molecule has 0 saturated heterocycles. The zero-order chi connectivity index (χ0) is 19.5. The first-order valence-corrected chi connectivity index (χ1v) is 9.10. The van der Waals surface area contributed by atoms with Crippen molar-refractivity contribution in [2.75, 3.05) is 5.32 Å². The van der Waals surface area contributed by atoms with Gasteiger partial charge in [-0.3, -0.25) is 4.79 Å². The molecule has 0 aliphatic carbocycles. The zero-order valence-corrected chi connectivity index (χ0v) is 15.8. The van der Waals surface area contributed by atoms with Gasteiger partial charge in [-0.05, 0) is 49.2 Å². The van der Waals surface area contributed by atoms with Crippen molar-refractivity contribution in [1.82, 2.24) is 19.6 Å². The van der Waals surface area contributed by atoms with Crippen molar-refractivity contribution in [3.05, 3.63) is 95.4 Å². The van der Waals surface area contributed by atoms with E-state index in [1.807, 2.05) is 60.3 Å². The molecule has 0 bridgehead atoms. The lowest BCUT2D eigenvalue weighted by Gasteiger charge is -2.10. The Morgan fingerprint density at radius 3 is 2.43 bits per heavy atom. The molecule has 4 rings (SSSR count). The number of nitrogens with one attached hydrogen (secondary N) is 1. The van der Waals surface area contributed by atoms with E-state index in [1.54, 1.807) is 4.68 Å². The number of carbonyl (C=O) groups is 1. The van der Waals surface area contributed by atoms with Crippen molar-refractivity contribution in [1.29, 1.82) is 0 Å². The first-order chi connectivity index (χ1) is 13.6. The Hall–Kier alpha value is -3.67. The van der Waals surface area contributed by atoms with Crippen LogP contribution in [-0.4, -0.2) is 25.5 Å². The Morgan fingerprint density at radius 1 is 0.964 bits per heavy atom. The SMILES string of the molecule is Cc1ccc(Cn2nnc(C(=O)Nc3cccc(C)c3)c2-n2cccc2)cc1. The number of amides is 1. The molecule has 0 radical (unpaired) electrons. The molecule has 6 heteroatoms. The van der Waals surface area contributed by atoms with Crippen LogP contribution in [0.5, 0.6) is 0 Å². The molecule has 0 spiro atoms. The van der Waals surface area contributed by atoms with E-state index in [2.05, 4.69) is 46.8 Å². The fourth-order valence-electron chi connectivity index (χ4n) is 3.07. The van der Waals surface area contributed by atoms with Gasteiger partial charge in [0.15, 0.2) is 11.5 Å². The Bertz CT molecular complexity index is 1090. The lowest BCUT2D eigenvalue weighted by molar-refractivity contribution is 0.102. The third kappa shape index (κ3) is 3.71. The molecular weight excluding hydrogens is 350 g/mol. The molecule has 2 heterocycles. The molecule has 4 aromatic rings. The van der Waals surface area contributed by atoms with E-state index < -0.39 is 0 Å². The average Bonchev–Trinajstić information content (AvgIpc) is 3.33. The van der Waals surface area contributed by atoms with Crippen LogP contribution >= 0.6 is 0 Å². The largest absolute Gasteiger partial charge is 0.320 e. The zero-order valence-electron chi connectivity index (χ0n) is 15.8. The highest BCUT2D eigenvalue weighted by atomic mass is 16.2. The van der Waals surface area contributed by atoms with E-state index in [0.717, 1.165) is 16.8 Å². The topological polar surface area (TPSA) is 64.7 Å². The van der Waals surface area contributed by atoms with Crippen LogP contribution < -0.4 is 5.32 Å². The van der Waals surface area contributed by atoms with Gasteiger partial charge in [-0.2, -0.15) is 0 Å². The number of hydrogen-bond donors (Lipinski definition) is 1. The smallest absolute Gasteiger partial charge is 0.280 e. The van der Waals surface area contributed by atoms with Gasteiger partial charge in [0.1, 0.15) is 0 Å². The lowest BCUT2D eigenvalue weighted by Crippen LogP contribution is -2.16. The van der Waals surface area contributed by atoms with Gasteiger partial charge >= 0.3 is 0 Å². The third-order valence-electron chi connectivity index (χ3n) is 4.50. The number of aryl methyl sites for hydroxylation is 2. The molecular formula is C22H21N5O. The summed E-state index contributed by atoms with van der Waals surface area (Å²) in [6, 6.07) is 19.7. The number of aromatic nitrogens is 4. The highest BCUT2D eigenvalue weighted by Gasteiger charge is 2.21. The van der Waals surface area contributed by atoms with Crippen molar-refractivity contribution >= 4 is 11.6 Å². The summed E-state index contributed by atoms with van der Waals surface area (Å²) in [5, 5.41) is 11.4. The highest BCUT2D eigenvalue weighted by molar-refractivity contribution is 6.04. The van der Waals surface area contributed by atoms with Crippen molar-refractivity contribution in [2.45, 2.75) is 20.4 Å². The Kier molecular flexibility index (Phi) is 4.76. The normalized spacial score (nSPS) is 10.8. The second kappa shape index (κ2) is 7.52. The number of nitrogens with zero attached hydrogens (tertiary/aromatic N) is 4. The molecule has 0 unspecified atom stereocenters. The summed E-state index contributed by atoms with van der Waals surface area (Å²) in [6.07, 6.45) is 3.77. The average molecular weight is 371 g/mol. The van der Waals surface area contributed by atoms with E-state index in [9.17, 15) is 4.79 Å². The third-order valence-corrected chi connectivity index (χ3v) is 4.50. The first kappa shape index (κ1) is 17.7. The molecule has 6 nitrogen and oxygen atoms in total. The maximum atomic E-state index is 12.9. The summed E-state index contributed by atoms with van der Waals surface area (Å²) in [5.41, 5.74) is 4.38. The predicted molar refractivity (Wildman–Crippen MR) is 109 cm³/mol. The molecule has 28 heavy (non-hydrogen) atoms. The van der Waals surface area contributed by atoms with E-state index >= 15 is 0 Å². The molecule has 2 aromatic heterocycles. The van der Waals surface area contributed by atoms with Gasteiger partial charge in [0, 0.05) is 18.1 Å². The monoisotopic (exact) mass is 371 g/mol. The quantitative estimate of drug-likeness (QED) is 0.577. The Labute approximate surface area is 163 Å². The highest BCUT2D eigenvalue weighted by Crippen LogP contribution is 2.17. The van der Waals surface area contributed by atoms with Gasteiger partial charge < -0.3 is 9.88 Å². The van der Waals surface area contributed by atoms with Crippen LogP contribution in [0.25, 0.3) is 5.82 Å². The summed E-state index contributed by atoms with van der Waals surface area (Å²) in [7, 11) is 0. The summed E-state index contributed by atoms with van der Waals surface area (Å²) >= 11 is 0. The van der Waals surface area contributed by atoms with Gasteiger partial charge in [-0.1, -0.05) is 47.2 Å². The molecule has 0 saturated carbocycles. The number of benzene rings is 2. The maximum absolute atomic E-state index is 12.9. The van der Waals surface area contributed by atoms with Crippen molar-refractivity contribution in [3.63, 3.8) is 0 Å². The van der Waals surface area contributed by atoms with E-state index in [0.29, 0.717) is 12.4 Å². The van der Waals surface area contributed by atoms with E-state index in [-0.39, 0.29) is 11.6 Å². The summed E-state index contributed by atoms with van der Waals surface area (Å²) in [6.45, 7) is 4.56. The van der Waals surface area contributed by atoms with Gasteiger partial charge in [-0.15, -0.1) is 5.10 Å². The van der Waals surface area contributed by atoms with Crippen molar-refractivity contribution in [3.8, 4) is 5.82 Å². The number of hydrogen-bond acceptors (Lipinski definition) is 3. The van der Waals surface area contributed by atoms with Gasteiger partial charge in [0.25, 0.3) is 5.91 Å². The van der Waals surface area contributed by atoms with Crippen LogP contribution in [0.3, 0.4) is 0 Å². The second-order valence-electron chi connectivity index (χ2n) is 6.82. The number of rotatable bonds is 5. The molecule has 0 aliphatic heterocycles. The van der Waals surface area contributed by atoms with Crippen LogP contribution in [0.4, 0.5) is 5.69 Å². The van der Waals surface area contributed by atoms with Gasteiger partial charge in [0.2, 0.25) is 0 Å². The van der Waals surface area contributed by atoms with Crippen LogP contribution in [0, 0.1) is 13.8 Å². The molecule has 1 N–H and O–H groups in total. The maximum Gasteiger partial charge on any atom is 0.280 e. The number of carbonyl (C=O) groups excluding carboxylic acids is 1. The van der Waals surface area contributed by atoms with Crippen LogP contribution in [0.15, 0.2) is 73.1 Å². The first-order valence-electron chi connectivity index (χ1n) is 9.10. The van der Waals surface area contributed by atoms with Crippen LogP contribution in [0.2, 0.25) is 0 Å². The fourth-order valence-corrected chi connectivity index (χ4v) is 3.07. The standard InChI is InChI=1S/C22H21N5O/c1-16-8-10-18(11-9-16)15-27-22(26-12-3-4-13-26)20(24-25-27)21(28)23-19-7-5-6-17(2)14-19/h3-14H,15H2,1-2H3,(H,23,28). The predicted octanol–water partition coefficient (Wildman–Crippen LogP) is 3.99. The van der Waals surface area contributed by atoms with Crippen molar-refractivity contribution < 1.29 is 4.79 Å². The summed E-state index contributed by atoms with van der Waals surface area (Å²) < 4.78 is 3.61. The Morgan fingerprint density at radius 2 is 1.71 bits per heavy atom. The van der Waals surface area contributed by atoms with Gasteiger partial charge in [0.05, 0.1) is 6.54 Å². The van der Waals surface area contributed by atoms with Crippen molar-refractivity contribution in [2.24, 2.45) is 0 Å². The minimum Gasteiger partial charge on any atom is -0.320 e. The minimum absolute atomic E-state index is 0.282. The van der Waals surface area contributed by atoms with Crippen LogP contribution in [-0.2, 0) is 6.54 Å². The molecule has 1 amide bonds. The molecule has 0 atom stereocenters. The molecule has 0 aliphatic rings. The number of anilines is 1.